The van der Waals surface area contributed by atoms with Crippen molar-refractivity contribution >= 4 is 11.3 Å². The van der Waals surface area contributed by atoms with E-state index in [9.17, 15) is 0 Å². The van der Waals surface area contributed by atoms with E-state index in [2.05, 4.69) is 28.7 Å². The summed E-state index contributed by atoms with van der Waals surface area (Å²) in [5.74, 6) is 0. The van der Waals surface area contributed by atoms with Crippen molar-refractivity contribution < 1.29 is 9.47 Å². The minimum Gasteiger partial charge on any atom is -0.374 e. The summed E-state index contributed by atoms with van der Waals surface area (Å²) in [6.07, 6.45) is 2.95. The molecule has 1 aliphatic carbocycles. The van der Waals surface area contributed by atoms with Crippen molar-refractivity contribution in [2.24, 2.45) is 0 Å². The molecule has 1 saturated heterocycles. The molecule has 2 fully saturated rings. The average molecular weight is 267 g/mol. The van der Waals surface area contributed by atoms with Crippen molar-refractivity contribution in [1.29, 1.82) is 0 Å². The molecular weight excluding hydrogens is 246 g/mol. The first kappa shape index (κ1) is 12.6. The third kappa shape index (κ3) is 2.48. The monoisotopic (exact) mass is 267 g/mol. The number of nitrogens with zero attached hydrogens (tertiary/aromatic N) is 1. The predicted octanol–water partition coefficient (Wildman–Crippen LogP) is 2.52. The molecule has 0 radical (unpaired) electrons. The number of rotatable bonds is 4. The summed E-state index contributed by atoms with van der Waals surface area (Å²) >= 11 is 1.77. The van der Waals surface area contributed by atoms with Crippen molar-refractivity contribution in [3.05, 3.63) is 22.4 Å². The summed E-state index contributed by atoms with van der Waals surface area (Å²) in [5, 5.41) is 4.40. The molecule has 1 aromatic heterocycles. The summed E-state index contributed by atoms with van der Waals surface area (Å²) < 4.78 is 11.9. The lowest BCUT2D eigenvalue weighted by Gasteiger charge is -2.30. The molecule has 4 heteroatoms. The van der Waals surface area contributed by atoms with Gasteiger partial charge in [0.05, 0.1) is 18.8 Å². The maximum atomic E-state index is 5.94. The van der Waals surface area contributed by atoms with Crippen molar-refractivity contribution in [2.45, 2.75) is 44.6 Å². The second-order valence-electron chi connectivity index (χ2n) is 5.08. The van der Waals surface area contributed by atoms with Crippen LogP contribution in [0.2, 0.25) is 0 Å². The zero-order valence-corrected chi connectivity index (χ0v) is 11.7. The van der Waals surface area contributed by atoms with Gasteiger partial charge >= 0.3 is 0 Å². The van der Waals surface area contributed by atoms with Gasteiger partial charge in [0, 0.05) is 25.7 Å². The minimum atomic E-state index is 0.274. The van der Waals surface area contributed by atoms with Crippen LogP contribution in [0.4, 0.5) is 0 Å². The molecule has 1 saturated carbocycles. The van der Waals surface area contributed by atoms with E-state index in [0.29, 0.717) is 12.1 Å². The Hall–Kier alpha value is -0.420. The van der Waals surface area contributed by atoms with Crippen LogP contribution in [0.25, 0.3) is 0 Å². The van der Waals surface area contributed by atoms with Gasteiger partial charge < -0.3 is 9.47 Å². The molecular formula is C14H21NO2S. The van der Waals surface area contributed by atoms with Crippen LogP contribution in [0.5, 0.6) is 0 Å². The Kier molecular flexibility index (Phi) is 3.99. The van der Waals surface area contributed by atoms with E-state index < -0.39 is 0 Å². The number of thiophene rings is 1. The molecule has 1 aromatic rings. The van der Waals surface area contributed by atoms with Gasteiger partial charge in [0.2, 0.25) is 0 Å². The van der Waals surface area contributed by atoms with Crippen LogP contribution in [0, 0.1) is 0 Å². The normalized spacial score (nSPS) is 32.6. The second kappa shape index (κ2) is 5.70. The van der Waals surface area contributed by atoms with E-state index in [4.69, 9.17) is 9.47 Å². The summed E-state index contributed by atoms with van der Waals surface area (Å²) in [6.45, 7) is 5.77. The Morgan fingerprint density at radius 2 is 2.44 bits per heavy atom. The SMILES string of the molecule is CCO[C@H]1[C@H]2CC[C@H]1OCCN2Cc1ccsc1. The van der Waals surface area contributed by atoms with Gasteiger partial charge in [0.25, 0.3) is 0 Å². The largest absolute Gasteiger partial charge is 0.374 e. The Bertz CT molecular complexity index is 368. The summed E-state index contributed by atoms with van der Waals surface area (Å²) in [4.78, 5) is 2.55. The molecule has 100 valence electrons. The first-order valence-corrected chi connectivity index (χ1v) is 7.81. The van der Waals surface area contributed by atoms with Gasteiger partial charge in [-0.1, -0.05) is 0 Å². The molecule has 3 atom stereocenters. The van der Waals surface area contributed by atoms with Crippen molar-refractivity contribution in [3.63, 3.8) is 0 Å². The van der Waals surface area contributed by atoms with E-state index in [-0.39, 0.29) is 6.10 Å². The van der Waals surface area contributed by atoms with E-state index in [1.807, 2.05) is 0 Å². The highest BCUT2D eigenvalue weighted by Crippen LogP contribution is 2.32. The van der Waals surface area contributed by atoms with Crippen molar-refractivity contribution in [3.8, 4) is 0 Å². The van der Waals surface area contributed by atoms with Gasteiger partial charge in [-0.15, -0.1) is 0 Å². The van der Waals surface area contributed by atoms with Crippen LogP contribution in [-0.4, -0.2) is 42.9 Å². The van der Waals surface area contributed by atoms with Gasteiger partial charge in [-0.2, -0.15) is 11.3 Å². The second-order valence-corrected chi connectivity index (χ2v) is 5.86. The fraction of sp³-hybridized carbons (Fsp3) is 0.714. The van der Waals surface area contributed by atoms with Crippen LogP contribution in [0.3, 0.4) is 0 Å². The quantitative estimate of drug-likeness (QED) is 0.836. The molecule has 2 aliphatic rings. The maximum absolute atomic E-state index is 5.94. The smallest absolute Gasteiger partial charge is 0.0991 e. The van der Waals surface area contributed by atoms with Crippen LogP contribution in [0.1, 0.15) is 25.3 Å². The number of hydrogen-bond donors (Lipinski definition) is 0. The molecule has 18 heavy (non-hydrogen) atoms. The van der Waals surface area contributed by atoms with Gasteiger partial charge in [-0.05, 0) is 42.2 Å². The van der Waals surface area contributed by atoms with Crippen LogP contribution in [0.15, 0.2) is 16.8 Å². The Labute approximate surface area is 113 Å². The predicted molar refractivity (Wildman–Crippen MR) is 72.9 cm³/mol. The molecule has 2 bridgehead atoms. The van der Waals surface area contributed by atoms with E-state index in [1.54, 1.807) is 11.3 Å². The van der Waals surface area contributed by atoms with Crippen molar-refractivity contribution in [1.82, 2.24) is 4.90 Å². The van der Waals surface area contributed by atoms with E-state index in [1.165, 1.54) is 12.0 Å². The molecule has 0 aromatic carbocycles. The highest BCUT2D eigenvalue weighted by molar-refractivity contribution is 7.07. The highest BCUT2D eigenvalue weighted by Gasteiger charge is 2.42. The average Bonchev–Trinajstić information content (AvgIpc) is 2.93. The molecule has 1 aliphatic heterocycles. The zero-order chi connectivity index (χ0) is 12.4. The van der Waals surface area contributed by atoms with Crippen LogP contribution >= 0.6 is 11.3 Å². The number of ether oxygens (including phenoxy) is 2. The fourth-order valence-electron chi connectivity index (χ4n) is 3.19. The van der Waals surface area contributed by atoms with Gasteiger partial charge in [0.15, 0.2) is 0 Å². The van der Waals surface area contributed by atoms with E-state index in [0.717, 1.165) is 32.7 Å². The first-order chi connectivity index (χ1) is 8.88. The molecule has 3 rings (SSSR count). The Morgan fingerprint density at radius 3 is 3.22 bits per heavy atom. The summed E-state index contributed by atoms with van der Waals surface area (Å²) in [6, 6.07) is 2.76. The lowest BCUT2D eigenvalue weighted by Crippen LogP contribution is -2.42. The van der Waals surface area contributed by atoms with Crippen LogP contribution < -0.4 is 0 Å². The minimum absolute atomic E-state index is 0.274. The lowest BCUT2D eigenvalue weighted by atomic mass is 10.1. The number of hydrogen-bond acceptors (Lipinski definition) is 4. The number of fused-ring (bicyclic) bond motifs is 2. The lowest BCUT2D eigenvalue weighted by molar-refractivity contribution is -0.0498. The Morgan fingerprint density at radius 1 is 1.50 bits per heavy atom. The molecule has 0 amide bonds. The molecule has 0 spiro atoms. The van der Waals surface area contributed by atoms with Crippen LogP contribution in [-0.2, 0) is 16.0 Å². The molecule has 3 nitrogen and oxygen atoms in total. The topological polar surface area (TPSA) is 21.7 Å². The molecule has 2 heterocycles. The van der Waals surface area contributed by atoms with Gasteiger partial charge in [0.1, 0.15) is 0 Å². The third-order valence-electron chi connectivity index (χ3n) is 4.00. The summed E-state index contributed by atoms with van der Waals surface area (Å²) in [5.41, 5.74) is 1.42. The van der Waals surface area contributed by atoms with Crippen molar-refractivity contribution in [2.75, 3.05) is 19.8 Å². The van der Waals surface area contributed by atoms with Gasteiger partial charge in [-0.25, -0.2) is 0 Å². The maximum Gasteiger partial charge on any atom is 0.0991 e. The highest BCUT2D eigenvalue weighted by atomic mass is 32.1. The molecule has 0 N–H and O–H groups in total. The zero-order valence-electron chi connectivity index (χ0n) is 10.9. The summed E-state index contributed by atoms with van der Waals surface area (Å²) in [7, 11) is 0. The van der Waals surface area contributed by atoms with E-state index >= 15 is 0 Å². The fourth-order valence-corrected chi connectivity index (χ4v) is 3.85. The first-order valence-electron chi connectivity index (χ1n) is 6.87. The van der Waals surface area contributed by atoms with Gasteiger partial charge in [-0.3, -0.25) is 4.90 Å². The molecule has 0 unspecified atom stereocenters. The Balaban J connectivity index is 1.73. The third-order valence-corrected chi connectivity index (χ3v) is 4.73. The standard InChI is InChI=1S/C14H21NO2S/c1-2-16-14-12-3-4-13(14)17-7-6-15(12)9-11-5-8-18-10-11/h5,8,10,12-14H,2-4,6-7,9H2,1H3/t12-,13-,14+/m1/s1.